The molecule has 116 valence electrons. The van der Waals surface area contributed by atoms with E-state index in [0.29, 0.717) is 0 Å². The van der Waals surface area contributed by atoms with Crippen LogP contribution in [0.2, 0.25) is 0 Å². The summed E-state index contributed by atoms with van der Waals surface area (Å²) in [4.78, 5) is 9.42. The number of nitrogen functional groups attached to an aromatic ring is 1. The zero-order valence-corrected chi connectivity index (χ0v) is 13.6. The summed E-state index contributed by atoms with van der Waals surface area (Å²) in [6.07, 6.45) is 1.91. The number of pyridine rings is 1. The lowest BCUT2D eigenvalue weighted by Crippen LogP contribution is -2.47. The number of rotatable bonds is 2. The number of hydrogen-bond acceptors (Lipinski definition) is 4. The Hall–Kier alpha value is -2.23. The van der Waals surface area contributed by atoms with Gasteiger partial charge in [0.25, 0.3) is 0 Å². The quantitative estimate of drug-likeness (QED) is 0.866. The van der Waals surface area contributed by atoms with E-state index >= 15 is 0 Å². The van der Waals surface area contributed by atoms with E-state index in [1.807, 2.05) is 18.3 Å². The smallest absolute Gasteiger partial charge is 0.131 e. The fourth-order valence-electron chi connectivity index (χ4n) is 3.13. The molecule has 1 fully saturated rings. The second-order valence-corrected chi connectivity index (χ2v) is 6.10. The molecule has 1 aromatic carbocycles. The normalized spacial score (nSPS) is 15.2. The molecule has 4 heteroatoms. The first kappa shape index (κ1) is 14.7. The molecule has 0 atom stereocenters. The standard InChI is InChI=1S/C18H24N4/c1-13-6-7-20-18(15(13)3)22-10-8-21(9-11-22)17-5-4-16(19)12-14(17)2/h4-7,12H,8-11,19H2,1-3H3. The van der Waals surface area contributed by atoms with Crippen LogP contribution >= 0.6 is 0 Å². The average Bonchev–Trinajstić information content (AvgIpc) is 2.50. The minimum absolute atomic E-state index is 0.833. The van der Waals surface area contributed by atoms with E-state index in [1.165, 1.54) is 22.4 Å². The number of aromatic nitrogens is 1. The van der Waals surface area contributed by atoms with Crippen LogP contribution < -0.4 is 15.5 Å². The lowest BCUT2D eigenvalue weighted by molar-refractivity contribution is 0.644. The molecule has 0 bridgehead atoms. The van der Waals surface area contributed by atoms with Crippen LogP contribution in [0.15, 0.2) is 30.5 Å². The summed E-state index contributed by atoms with van der Waals surface area (Å²) >= 11 is 0. The lowest BCUT2D eigenvalue weighted by Gasteiger charge is -2.38. The first-order valence-corrected chi connectivity index (χ1v) is 7.84. The van der Waals surface area contributed by atoms with Crippen molar-refractivity contribution in [3.8, 4) is 0 Å². The van der Waals surface area contributed by atoms with Crippen molar-refractivity contribution >= 4 is 17.2 Å². The topological polar surface area (TPSA) is 45.4 Å². The second-order valence-electron chi connectivity index (χ2n) is 6.10. The van der Waals surface area contributed by atoms with Gasteiger partial charge in [0, 0.05) is 43.8 Å². The van der Waals surface area contributed by atoms with E-state index in [9.17, 15) is 0 Å². The third-order valence-corrected chi connectivity index (χ3v) is 4.59. The van der Waals surface area contributed by atoms with Gasteiger partial charge in [0.2, 0.25) is 0 Å². The Kier molecular flexibility index (Phi) is 3.92. The highest BCUT2D eigenvalue weighted by Gasteiger charge is 2.20. The van der Waals surface area contributed by atoms with E-state index in [2.05, 4.69) is 47.7 Å². The summed E-state index contributed by atoms with van der Waals surface area (Å²) in [5.41, 5.74) is 11.8. The van der Waals surface area contributed by atoms with Gasteiger partial charge >= 0.3 is 0 Å². The van der Waals surface area contributed by atoms with Crippen LogP contribution in [0, 0.1) is 20.8 Å². The Morgan fingerprint density at radius 3 is 2.27 bits per heavy atom. The summed E-state index contributed by atoms with van der Waals surface area (Å²) in [5.74, 6) is 1.13. The maximum absolute atomic E-state index is 5.85. The Morgan fingerprint density at radius 2 is 1.59 bits per heavy atom. The van der Waals surface area contributed by atoms with Crippen LogP contribution in [0.25, 0.3) is 0 Å². The maximum atomic E-state index is 5.85. The molecule has 1 aliphatic rings. The molecule has 0 aliphatic carbocycles. The largest absolute Gasteiger partial charge is 0.399 e. The molecule has 1 aromatic heterocycles. The first-order valence-electron chi connectivity index (χ1n) is 7.84. The highest BCUT2D eigenvalue weighted by Crippen LogP contribution is 2.26. The van der Waals surface area contributed by atoms with Crippen molar-refractivity contribution in [1.29, 1.82) is 0 Å². The fraction of sp³-hybridized carbons (Fsp3) is 0.389. The molecule has 0 amide bonds. The number of hydrogen-bond donors (Lipinski definition) is 1. The third-order valence-electron chi connectivity index (χ3n) is 4.59. The highest BCUT2D eigenvalue weighted by atomic mass is 15.3. The molecule has 1 saturated heterocycles. The summed E-state index contributed by atoms with van der Waals surface area (Å²) < 4.78 is 0. The SMILES string of the molecule is Cc1cc(N)ccc1N1CCN(c2nccc(C)c2C)CC1. The van der Waals surface area contributed by atoms with Gasteiger partial charge < -0.3 is 15.5 Å². The maximum Gasteiger partial charge on any atom is 0.131 e. The van der Waals surface area contributed by atoms with Crippen LogP contribution in [0.3, 0.4) is 0 Å². The predicted octanol–water partition coefficient (Wildman–Crippen LogP) is 2.92. The lowest BCUT2D eigenvalue weighted by atomic mass is 10.1. The summed E-state index contributed by atoms with van der Waals surface area (Å²) in [7, 11) is 0. The van der Waals surface area contributed by atoms with Crippen molar-refractivity contribution in [2.45, 2.75) is 20.8 Å². The number of nitrogens with two attached hydrogens (primary N) is 1. The Bertz CT molecular complexity index is 673. The Balaban J connectivity index is 1.74. The molecule has 0 unspecified atom stereocenters. The molecule has 2 N–H and O–H groups in total. The van der Waals surface area contributed by atoms with Gasteiger partial charge in [0.1, 0.15) is 5.82 Å². The van der Waals surface area contributed by atoms with Gasteiger partial charge in [0.05, 0.1) is 0 Å². The van der Waals surface area contributed by atoms with Gasteiger partial charge in [0.15, 0.2) is 0 Å². The minimum atomic E-state index is 0.833. The van der Waals surface area contributed by atoms with Crippen LogP contribution in [0.5, 0.6) is 0 Å². The van der Waals surface area contributed by atoms with E-state index in [0.717, 1.165) is 37.7 Å². The molecule has 0 radical (unpaired) electrons. The fourth-order valence-corrected chi connectivity index (χ4v) is 3.13. The zero-order chi connectivity index (χ0) is 15.7. The second kappa shape index (κ2) is 5.87. The zero-order valence-electron chi connectivity index (χ0n) is 13.6. The minimum Gasteiger partial charge on any atom is -0.399 e. The third kappa shape index (κ3) is 2.73. The predicted molar refractivity (Wildman–Crippen MR) is 93.7 cm³/mol. The first-order chi connectivity index (χ1) is 10.6. The van der Waals surface area contributed by atoms with Crippen LogP contribution in [-0.4, -0.2) is 31.2 Å². The molecule has 2 aromatic rings. The van der Waals surface area contributed by atoms with Gasteiger partial charge in [-0.05, 0) is 61.7 Å². The van der Waals surface area contributed by atoms with Crippen molar-refractivity contribution in [3.63, 3.8) is 0 Å². The van der Waals surface area contributed by atoms with Crippen molar-refractivity contribution in [3.05, 3.63) is 47.2 Å². The van der Waals surface area contributed by atoms with Gasteiger partial charge in [-0.2, -0.15) is 0 Å². The van der Waals surface area contributed by atoms with Crippen molar-refractivity contribution in [2.75, 3.05) is 41.7 Å². The molecule has 0 spiro atoms. The average molecular weight is 296 g/mol. The number of aryl methyl sites for hydroxylation is 2. The Labute approximate surface area is 132 Å². The van der Waals surface area contributed by atoms with Crippen LogP contribution in [0.4, 0.5) is 17.2 Å². The monoisotopic (exact) mass is 296 g/mol. The molecule has 0 saturated carbocycles. The Morgan fingerprint density at radius 1 is 0.909 bits per heavy atom. The van der Waals surface area contributed by atoms with Crippen LogP contribution in [0.1, 0.15) is 16.7 Å². The molecule has 4 nitrogen and oxygen atoms in total. The molecule has 3 rings (SSSR count). The summed E-state index contributed by atoms with van der Waals surface area (Å²) in [6.45, 7) is 10.5. The van der Waals surface area contributed by atoms with E-state index < -0.39 is 0 Å². The van der Waals surface area contributed by atoms with E-state index in [-0.39, 0.29) is 0 Å². The highest BCUT2D eigenvalue weighted by molar-refractivity contribution is 5.60. The molecular weight excluding hydrogens is 272 g/mol. The van der Waals surface area contributed by atoms with Crippen LogP contribution in [-0.2, 0) is 0 Å². The number of nitrogens with zero attached hydrogens (tertiary/aromatic N) is 3. The van der Waals surface area contributed by atoms with E-state index in [4.69, 9.17) is 5.73 Å². The van der Waals surface area contributed by atoms with Gasteiger partial charge in [-0.1, -0.05) is 0 Å². The van der Waals surface area contributed by atoms with Gasteiger partial charge in [-0.25, -0.2) is 4.98 Å². The summed E-state index contributed by atoms with van der Waals surface area (Å²) in [5, 5.41) is 0. The molecule has 22 heavy (non-hydrogen) atoms. The molecule has 2 heterocycles. The van der Waals surface area contributed by atoms with Gasteiger partial charge in [-0.15, -0.1) is 0 Å². The molecule has 1 aliphatic heterocycles. The van der Waals surface area contributed by atoms with E-state index in [1.54, 1.807) is 0 Å². The van der Waals surface area contributed by atoms with Crippen molar-refractivity contribution in [2.24, 2.45) is 0 Å². The van der Waals surface area contributed by atoms with Crippen molar-refractivity contribution < 1.29 is 0 Å². The number of benzene rings is 1. The van der Waals surface area contributed by atoms with Crippen molar-refractivity contribution in [1.82, 2.24) is 4.98 Å². The van der Waals surface area contributed by atoms with Gasteiger partial charge in [-0.3, -0.25) is 0 Å². The summed E-state index contributed by atoms with van der Waals surface area (Å²) in [6, 6.07) is 8.25. The molecular formula is C18H24N4. The number of anilines is 3. The number of piperazine rings is 1.